The number of nitrogen functional groups attached to an aromatic ring is 1. The van der Waals surface area contributed by atoms with Crippen LogP contribution >= 0.6 is 55.4 Å². The molecule has 2 N–H and O–H groups in total. The van der Waals surface area contributed by atoms with Crippen LogP contribution in [0.1, 0.15) is 22.8 Å². The van der Waals surface area contributed by atoms with E-state index in [9.17, 15) is 0 Å². The first kappa shape index (κ1) is 19.8. The first-order valence-electron chi connectivity index (χ1n) is 7.94. The molecule has 26 heavy (non-hydrogen) atoms. The largest absolute Gasteiger partial charge is 0.336 e. The van der Waals surface area contributed by atoms with Crippen LogP contribution in [0.2, 0.25) is 0 Å². The Morgan fingerprint density at radius 2 is 1.08 bits per heavy atom. The molecule has 0 spiro atoms. The van der Waals surface area contributed by atoms with Gasteiger partial charge in [-0.2, -0.15) is 0 Å². The number of rotatable bonds is 8. The number of nitrogens with two attached hydrogens (primary N) is 1. The fourth-order valence-electron chi connectivity index (χ4n) is 2.24. The highest BCUT2D eigenvalue weighted by molar-refractivity contribution is 9.10. The lowest BCUT2D eigenvalue weighted by Gasteiger charge is -2.05. The molecule has 1 heterocycles. The van der Waals surface area contributed by atoms with Crippen LogP contribution in [0.25, 0.3) is 0 Å². The van der Waals surface area contributed by atoms with Crippen LogP contribution < -0.4 is 5.84 Å². The Balaban J connectivity index is 1.46. The molecule has 8 heteroatoms. The summed E-state index contributed by atoms with van der Waals surface area (Å²) in [4.78, 5) is 0. The Kier molecular flexibility index (Phi) is 7.48. The quantitative estimate of drug-likeness (QED) is 0.409. The predicted molar refractivity (Wildman–Crippen MR) is 118 cm³/mol. The minimum atomic E-state index is 0.747. The first-order valence-corrected chi connectivity index (χ1v) is 11.8. The Labute approximate surface area is 178 Å². The van der Waals surface area contributed by atoms with Crippen molar-refractivity contribution in [2.24, 2.45) is 0 Å². The summed E-state index contributed by atoms with van der Waals surface area (Å²) in [6.07, 6.45) is 0. The lowest BCUT2D eigenvalue weighted by atomic mass is 10.2. The second-order valence-corrected chi connectivity index (χ2v) is 9.44. The minimum Gasteiger partial charge on any atom is -0.336 e. The third kappa shape index (κ3) is 5.77. The van der Waals surface area contributed by atoms with E-state index in [1.54, 1.807) is 28.2 Å². The number of halogens is 2. The van der Waals surface area contributed by atoms with Crippen LogP contribution in [0, 0.1) is 0 Å². The van der Waals surface area contributed by atoms with E-state index >= 15 is 0 Å². The van der Waals surface area contributed by atoms with E-state index in [1.807, 2.05) is 0 Å². The monoisotopic (exact) mass is 512 g/mol. The molecule has 0 radical (unpaired) electrons. The van der Waals surface area contributed by atoms with Crippen molar-refractivity contribution in [3.8, 4) is 0 Å². The molecule has 0 saturated heterocycles. The van der Waals surface area contributed by atoms with Crippen LogP contribution in [-0.4, -0.2) is 14.9 Å². The summed E-state index contributed by atoms with van der Waals surface area (Å²) in [5.41, 5.74) is 2.57. The van der Waals surface area contributed by atoms with Gasteiger partial charge in [-0.05, 0) is 35.4 Å². The number of hydrogen-bond donors (Lipinski definition) is 1. The van der Waals surface area contributed by atoms with E-state index in [2.05, 4.69) is 90.6 Å². The number of hydrogen-bond acceptors (Lipinski definition) is 5. The van der Waals surface area contributed by atoms with E-state index in [1.165, 1.54) is 11.1 Å². The van der Waals surface area contributed by atoms with E-state index in [-0.39, 0.29) is 0 Å². The lowest BCUT2D eigenvalue weighted by molar-refractivity contribution is 0.874. The molecule has 1 aromatic heterocycles. The Morgan fingerprint density at radius 1 is 0.692 bits per heavy atom. The second kappa shape index (κ2) is 9.82. The van der Waals surface area contributed by atoms with Gasteiger partial charge in [-0.25, -0.2) is 4.68 Å². The fourth-order valence-corrected chi connectivity index (χ4v) is 4.59. The van der Waals surface area contributed by atoms with Gasteiger partial charge in [0, 0.05) is 20.5 Å². The maximum atomic E-state index is 6.15. The molecular weight excluding hydrogens is 496 g/mol. The third-order valence-corrected chi connectivity index (χ3v) is 6.72. The van der Waals surface area contributed by atoms with Crippen molar-refractivity contribution >= 4 is 55.4 Å². The molecule has 0 amide bonds. The molecule has 4 nitrogen and oxygen atoms in total. The van der Waals surface area contributed by atoms with Crippen molar-refractivity contribution in [1.29, 1.82) is 0 Å². The van der Waals surface area contributed by atoms with Gasteiger partial charge in [0.2, 0.25) is 0 Å². The molecule has 0 aliphatic carbocycles. The number of aromatic nitrogens is 3. The normalized spacial score (nSPS) is 11.0. The zero-order valence-electron chi connectivity index (χ0n) is 13.9. The summed E-state index contributed by atoms with van der Waals surface area (Å²) in [6.45, 7) is 0. The Bertz CT molecular complexity index is 766. The van der Waals surface area contributed by atoms with Gasteiger partial charge < -0.3 is 5.84 Å². The maximum absolute atomic E-state index is 6.15. The van der Waals surface area contributed by atoms with E-state index in [0.29, 0.717) is 0 Å². The number of thioether (sulfide) groups is 2. The van der Waals surface area contributed by atoms with Crippen LogP contribution in [0.15, 0.2) is 57.5 Å². The van der Waals surface area contributed by atoms with Crippen LogP contribution in [0.5, 0.6) is 0 Å². The predicted octanol–water partition coefficient (Wildman–Crippen LogP) is 5.38. The second-order valence-electron chi connectivity index (χ2n) is 5.64. The van der Waals surface area contributed by atoms with Crippen molar-refractivity contribution in [2.75, 3.05) is 5.84 Å². The molecule has 0 bridgehead atoms. The van der Waals surface area contributed by atoms with Crippen molar-refractivity contribution in [3.63, 3.8) is 0 Å². The molecule has 0 saturated carbocycles. The van der Waals surface area contributed by atoms with Gasteiger partial charge in [0.1, 0.15) is 0 Å². The van der Waals surface area contributed by atoms with Crippen molar-refractivity contribution in [3.05, 3.63) is 80.3 Å². The smallest absolute Gasteiger partial charge is 0.161 e. The van der Waals surface area contributed by atoms with E-state index < -0.39 is 0 Å². The van der Waals surface area contributed by atoms with Gasteiger partial charge in [0.05, 0.1) is 11.5 Å². The van der Waals surface area contributed by atoms with Gasteiger partial charge in [-0.3, -0.25) is 0 Å². The van der Waals surface area contributed by atoms with Crippen molar-refractivity contribution in [1.82, 2.24) is 14.9 Å². The molecule has 2 aromatic carbocycles. The molecule has 3 rings (SSSR count). The highest BCUT2D eigenvalue weighted by Crippen LogP contribution is 2.21. The number of benzene rings is 2. The van der Waals surface area contributed by atoms with Crippen molar-refractivity contribution < 1.29 is 0 Å². The van der Waals surface area contributed by atoms with E-state index in [4.69, 9.17) is 5.84 Å². The first-order chi connectivity index (χ1) is 12.6. The van der Waals surface area contributed by atoms with Gasteiger partial charge >= 0.3 is 0 Å². The lowest BCUT2D eigenvalue weighted by Crippen LogP contribution is -2.15. The standard InChI is InChI=1S/C18H18Br2N4S2/c19-15-5-1-13(2-6-15)9-25-11-17-22-23-18(24(17)21)12-26-10-14-3-7-16(20)8-4-14/h1-8H,9-12,21H2. The highest BCUT2D eigenvalue weighted by atomic mass is 79.9. The summed E-state index contributed by atoms with van der Waals surface area (Å²) in [6, 6.07) is 16.7. The zero-order valence-corrected chi connectivity index (χ0v) is 18.7. The average molecular weight is 514 g/mol. The van der Waals surface area contributed by atoms with Crippen molar-refractivity contribution in [2.45, 2.75) is 23.0 Å². The molecule has 0 aliphatic heterocycles. The van der Waals surface area contributed by atoms with Crippen LogP contribution in [-0.2, 0) is 23.0 Å². The highest BCUT2D eigenvalue weighted by Gasteiger charge is 2.10. The van der Waals surface area contributed by atoms with Gasteiger partial charge in [-0.1, -0.05) is 56.1 Å². The van der Waals surface area contributed by atoms with Gasteiger partial charge in [0.15, 0.2) is 11.6 Å². The molecule has 0 fully saturated rings. The molecule has 0 unspecified atom stereocenters. The molecule has 0 atom stereocenters. The maximum Gasteiger partial charge on any atom is 0.161 e. The summed E-state index contributed by atoms with van der Waals surface area (Å²) in [7, 11) is 0. The minimum absolute atomic E-state index is 0.747. The fraction of sp³-hybridized carbons (Fsp3) is 0.222. The average Bonchev–Trinajstić information content (AvgIpc) is 2.99. The Morgan fingerprint density at radius 3 is 1.46 bits per heavy atom. The van der Waals surface area contributed by atoms with Gasteiger partial charge in [-0.15, -0.1) is 33.7 Å². The summed E-state index contributed by atoms with van der Waals surface area (Å²) in [5.74, 6) is 11.1. The zero-order chi connectivity index (χ0) is 18.4. The SMILES string of the molecule is Nn1c(CSCc2ccc(Br)cc2)nnc1CSCc1ccc(Br)cc1. The van der Waals surface area contributed by atoms with Crippen LogP contribution in [0.4, 0.5) is 0 Å². The van der Waals surface area contributed by atoms with E-state index in [0.717, 1.165) is 43.6 Å². The molecule has 136 valence electrons. The molecule has 0 aliphatic rings. The molecule has 3 aromatic rings. The topological polar surface area (TPSA) is 56.7 Å². The summed E-state index contributed by atoms with van der Waals surface area (Å²) >= 11 is 10.5. The number of nitrogens with zero attached hydrogens (tertiary/aromatic N) is 3. The van der Waals surface area contributed by atoms with Gasteiger partial charge in [0.25, 0.3) is 0 Å². The summed E-state index contributed by atoms with van der Waals surface area (Å²) in [5, 5.41) is 8.48. The summed E-state index contributed by atoms with van der Waals surface area (Å²) < 4.78 is 3.82. The third-order valence-electron chi connectivity index (χ3n) is 3.66. The molecular formula is C18H18Br2N4S2. The Hall–Kier alpha value is -0.960. The van der Waals surface area contributed by atoms with Crippen LogP contribution in [0.3, 0.4) is 0 Å².